The zero-order valence-corrected chi connectivity index (χ0v) is 18.9. The Kier molecular flexibility index (Phi) is 7.26. The molecule has 176 valence electrons. The standard InChI is InChI=1S/C23H32FN3O5/c1-22(2,3)32-21(30)25-15-16-7-4-5-12-23(16)19(28)27(20(29)26-23)13-6-14-31-18-10-8-17(24)9-11-18/h8-11,16H,4-7,12-15H2,1-3H3,(H,25,30)(H,26,29)/t16-,23+/m1/s1. The van der Waals surface area contributed by atoms with Crippen molar-refractivity contribution in [1.29, 1.82) is 0 Å². The number of carbonyl (C=O) groups is 3. The quantitative estimate of drug-likeness (QED) is 0.490. The van der Waals surface area contributed by atoms with Crippen molar-refractivity contribution in [3.8, 4) is 5.75 Å². The fourth-order valence-electron chi connectivity index (χ4n) is 4.28. The molecule has 4 amide bonds. The molecule has 1 saturated carbocycles. The number of urea groups is 1. The molecule has 2 N–H and O–H groups in total. The van der Waals surface area contributed by atoms with E-state index < -0.39 is 23.3 Å². The number of ether oxygens (including phenoxy) is 2. The van der Waals surface area contributed by atoms with Gasteiger partial charge >= 0.3 is 12.1 Å². The Morgan fingerprint density at radius 1 is 1.25 bits per heavy atom. The summed E-state index contributed by atoms with van der Waals surface area (Å²) in [6.07, 6.45) is 2.94. The second-order valence-corrected chi connectivity index (χ2v) is 9.34. The van der Waals surface area contributed by atoms with Gasteiger partial charge in [0.15, 0.2) is 0 Å². The number of benzene rings is 1. The number of amides is 4. The number of nitrogens with one attached hydrogen (secondary N) is 2. The Labute approximate surface area is 187 Å². The Morgan fingerprint density at radius 3 is 2.66 bits per heavy atom. The van der Waals surface area contributed by atoms with Gasteiger partial charge in [-0.1, -0.05) is 12.8 Å². The van der Waals surface area contributed by atoms with Gasteiger partial charge in [0.2, 0.25) is 0 Å². The van der Waals surface area contributed by atoms with Crippen molar-refractivity contribution in [3.63, 3.8) is 0 Å². The minimum atomic E-state index is -0.998. The molecule has 1 aliphatic heterocycles. The van der Waals surface area contributed by atoms with Gasteiger partial charge in [0.1, 0.15) is 22.7 Å². The summed E-state index contributed by atoms with van der Waals surface area (Å²) in [5, 5.41) is 5.67. The van der Waals surface area contributed by atoms with Crippen molar-refractivity contribution in [1.82, 2.24) is 15.5 Å². The van der Waals surface area contributed by atoms with Crippen molar-refractivity contribution < 1.29 is 28.2 Å². The number of hydrogen-bond acceptors (Lipinski definition) is 5. The maximum absolute atomic E-state index is 13.3. The van der Waals surface area contributed by atoms with Gasteiger partial charge in [0, 0.05) is 19.0 Å². The Balaban J connectivity index is 1.56. The first-order chi connectivity index (χ1) is 15.1. The van der Waals surface area contributed by atoms with Crippen molar-refractivity contribution in [2.45, 2.75) is 64.0 Å². The lowest BCUT2D eigenvalue weighted by Gasteiger charge is -2.39. The lowest BCUT2D eigenvalue weighted by atomic mass is 9.72. The maximum atomic E-state index is 13.3. The van der Waals surface area contributed by atoms with Gasteiger partial charge in [0.05, 0.1) is 6.61 Å². The van der Waals surface area contributed by atoms with Gasteiger partial charge in [-0.2, -0.15) is 0 Å². The summed E-state index contributed by atoms with van der Waals surface area (Å²) in [5.74, 6) is -0.272. The minimum absolute atomic E-state index is 0.208. The molecule has 1 aliphatic carbocycles. The lowest BCUT2D eigenvalue weighted by molar-refractivity contribution is -0.134. The summed E-state index contributed by atoms with van der Waals surface area (Å²) >= 11 is 0. The number of hydrogen-bond donors (Lipinski definition) is 2. The summed E-state index contributed by atoms with van der Waals surface area (Å²) in [5.41, 5.74) is -1.61. The number of nitrogens with zero attached hydrogens (tertiary/aromatic N) is 1. The fraction of sp³-hybridized carbons (Fsp3) is 0.609. The first-order valence-electron chi connectivity index (χ1n) is 11.1. The number of alkyl carbamates (subject to hydrolysis) is 1. The smallest absolute Gasteiger partial charge is 0.407 e. The molecule has 0 unspecified atom stereocenters. The molecule has 1 spiro atoms. The first kappa shape index (κ1) is 23.8. The maximum Gasteiger partial charge on any atom is 0.407 e. The van der Waals surface area contributed by atoms with Crippen molar-refractivity contribution in [2.75, 3.05) is 19.7 Å². The van der Waals surface area contributed by atoms with Crippen molar-refractivity contribution >= 4 is 18.0 Å². The molecule has 1 heterocycles. The largest absolute Gasteiger partial charge is 0.494 e. The van der Waals surface area contributed by atoms with Crippen LogP contribution in [0.2, 0.25) is 0 Å². The molecule has 2 atom stereocenters. The molecule has 3 rings (SSSR count). The summed E-state index contributed by atoms with van der Waals surface area (Å²) in [6, 6.07) is 5.27. The number of imide groups is 1. The molecule has 1 saturated heterocycles. The highest BCUT2D eigenvalue weighted by atomic mass is 19.1. The number of halogens is 1. The zero-order valence-electron chi connectivity index (χ0n) is 18.9. The predicted octanol–water partition coefficient (Wildman–Crippen LogP) is 3.60. The molecule has 1 aromatic carbocycles. The van der Waals surface area contributed by atoms with Crippen LogP contribution in [0.1, 0.15) is 52.9 Å². The Hall–Kier alpha value is -2.84. The monoisotopic (exact) mass is 449 g/mol. The van der Waals surface area contributed by atoms with E-state index in [9.17, 15) is 18.8 Å². The zero-order chi connectivity index (χ0) is 23.4. The van der Waals surface area contributed by atoms with Crippen LogP contribution in [0.5, 0.6) is 5.75 Å². The van der Waals surface area contributed by atoms with Crippen LogP contribution in [0.15, 0.2) is 24.3 Å². The van der Waals surface area contributed by atoms with Crippen LogP contribution in [0.25, 0.3) is 0 Å². The van der Waals surface area contributed by atoms with Crippen LogP contribution in [-0.2, 0) is 9.53 Å². The molecular weight excluding hydrogens is 417 g/mol. The topological polar surface area (TPSA) is 97.0 Å². The fourth-order valence-corrected chi connectivity index (χ4v) is 4.28. The van der Waals surface area contributed by atoms with E-state index in [2.05, 4.69) is 10.6 Å². The van der Waals surface area contributed by atoms with Crippen molar-refractivity contribution in [2.24, 2.45) is 5.92 Å². The summed E-state index contributed by atoms with van der Waals surface area (Å²) in [7, 11) is 0. The Morgan fingerprint density at radius 2 is 1.97 bits per heavy atom. The third-order valence-corrected chi connectivity index (χ3v) is 5.77. The van der Waals surface area contributed by atoms with E-state index in [0.29, 0.717) is 25.2 Å². The average Bonchev–Trinajstić information content (AvgIpc) is 2.95. The van der Waals surface area contributed by atoms with Gasteiger partial charge in [-0.25, -0.2) is 14.0 Å². The molecule has 32 heavy (non-hydrogen) atoms. The van der Waals surface area contributed by atoms with E-state index in [1.165, 1.54) is 29.2 Å². The van der Waals surface area contributed by atoms with Crippen LogP contribution in [0.3, 0.4) is 0 Å². The highest BCUT2D eigenvalue weighted by Crippen LogP contribution is 2.38. The van der Waals surface area contributed by atoms with Crippen molar-refractivity contribution in [3.05, 3.63) is 30.1 Å². The molecule has 2 fully saturated rings. The van der Waals surface area contributed by atoms with Gasteiger partial charge in [-0.3, -0.25) is 9.69 Å². The van der Waals surface area contributed by atoms with Gasteiger partial charge in [-0.05, 0) is 64.3 Å². The SMILES string of the molecule is CC(C)(C)OC(=O)NC[C@H]1CCCC[C@]12NC(=O)N(CCCOc1ccc(F)cc1)C2=O. The highest BCUT2D eigenvalue weighted by Gasteiger charge is 2.56. The van der Waals surface area contributed by atoms with E-state index >= 15 is 0 Å². The highest BCUT2D eigenvalue weighted by molar-refractivity contribution is 6.07. The van der Waals surface area contributed by atoms with Crippen LogP contribution >= 0.6 is 0 Å². The van der Waals surface area contributed by atoms with E-state index in [4.69, 9.17) is 9.47 Å². The molecule has 0 bridgehead atoms. The molecule has 0 radical (unpaired) electrons. The van der Waals surface area contributed by atoms with E-state index in [1.807, 2.05) is 0 Å². The number of carbonyl (C=O) groups excluding carboxylic acids is 3. The second kappa shape index (κ2) is 9.75. The van der Waals surface area contributed by atoms with Gasteiger partial charge < -0.3 is 20.1 Å². The Bertz CT molecular complexity index is 839. The summed E-state index contributed by atoms with van der Waals surface area (Å²) in [6.45, 7) is 6.12. The average molecular weight is 450 g/mol. The van der Waals surface area contributed by atoms with Crippen LogP contribution in [-0.4, -0.2) is 53.8 Å². The minimum Gasteiger partial charge on any atom is -0.494 e. The summed E-state index contributed by atoms with van der Waals surface area (Å²) in [4.78, 5) is 39.2. The van der Waals surface area contributed by atoms with Crippen LogP contribution < -0.4 is 15.4 Å². The van der Waals surface area contributed by atoms with Crippen LogP contribution in [0.4, 0.5) is 14.0 Å². The lowest BCUT2D eigenvalue weighted by Crippen LogP contribution is -2.58. The van der Waals surface area contributed by atoms with Crippen LogP contribution in [0, 0.1) is 11.7 Å². The van der Waals surface area contributed by atoms with E-state index in [-0.39, 0.29) is 30.7 Å². The third kappa shape index (κ3) is 5.69. The molecule has 0 aromatic heterocycles. The summed E-state index contributed by atoms with van der Waals surface area (Å²) < 4.78 is 23.8. The van der Waals surface area contributed by atoms with E-state index in [1.54, 1.807) is 20.8 Å². The normalized spacial score (nSPS) is 23.2. The first-order valence-corrected chi connectivity index (χ1v) is 11.1. The molecule has 8 nitrogen and oxygen atoms in total. The predicted molar refractivity (Wildman–Crippen MR) is 116 cm³/mol. The molecule has 1 aromatic rings. The second-order valence-electron chi connectivity index (χ2n) is 9.34. The van der Waals surface area contributed by atoms with Gasteiger partial charge in [0.25, 0.3) is 5.91 Å². The molecular formula is C23H32FN3O5. The third-order valence-electron chi connectivity index (χ3n) is 5.77. The molecule has 9 heteroatoms. The number of rotatable bonds is 7. The van der Waals surface area contributed by atoms with E-state index in [0.717, 1.165) is 19.3 Å². The molecule has 2 aliphatic rings. The van der Waals surface area contributed by atoms with Gasteiger partial charge in [-0.15, -0.1) is 0 Å².